The van der Waals surface area contributed by atoms with Crippen molar-refractivity contribution in [2.24, 2.45) is 0 Å². The largest absolute Gasteiger partial charge is 0.511 e. The average molecular weight is 235 g/mol. The molecule has 0 rings (SSSR count). The molecule has 0 aromatic carbocycles. The van der Waals surface area contributed by atoms with Crippen molar-refractivity contribution in [3.05, 3.63) is 0 Å². The highest BCUT2D eigenvalue weighted by atomic mass is 32.2. The summed E-state index contributed by atoms with van der Waals surface area (Å²) in [6, 6.07) is 0. The number of aliphatic hydroxyl groups is 1. The minimum Gasteiger partial charge on any atom is -0.391 e. The number of hydrogen-bond acceptors (Lipinski definition) is 3. The van der Waals surface area contributed by atoms with Gasteiger partial charge in [-0.25, -0.2) is 8.42 Å². The summed E-state index contributed by atoms with van der Waals surface area (Å²) in [5, 5.41) is 9.01. The standard InChI is InChI=1S/C6H12F3NO3S/c1-4(11)5(2,3)10-14(12,13)6(7,8)9/h4,10-11H,1-3H3. The maximum absolute atomic E-state index is 11.9. The van der Waals surface area contributed by atoms with Crippen LogP contribution < -0.4 is 4.72 Å². The molecule has 0 aromatic rings. The average Bonchev–Trinajstić information content (AvgIpc) is 1.80. The van der Waals surface area contributed by atoms with Crippen molar-refractivity contribution in [3.63, 3.8) is 0 Å². The van der Waals surface area contributed by atoms with Gasteiger partial charge in [-0.2, -0.15) is 17.9 Å². The second-order valence-corrected chi connectivity index (χ2v) is 5.12. The van der Waals surface area contributed by atoms with Gasteiger partial charge in [0.1, 0.15) is 0 Å². The van der Waals surface area contributed by atoms with Gasteiger partial charge in [0, 0.05) is 0 Å². The lowest BCUT2D eigenvalue weighted by atomic mass is 10.0. The van der Waals surface area contributed by atoms with Crippen molar-refractivity contribution < 1.29 is 26.7 Å². The lowest BCUT2D eigenvalue weighted by Crippen LogP contribution is -2.54. The van der Waals surface area contributed by atoms with Gasteiger partial charge in [0.05, 0.1) is 11.6 Å². The van der Waals surface area contributed by atoms with Gasteiger partial charge in [-0.3, -0.25) is 0 Å². The van der Waals surface area contributed by atoms with Crippen LogP contribution in [0, 0.1) is 0 Å². The van der Waals surface area contributed by atoms with Crippen LogP contribution in [0.15, 0.2) is 0 Å². The normalized spacial score (nSPS) is 16.8. The van der Waals surface area contributed by atoms with E-state index in [1.54, 1.807) is 0 Å². The van der Waals surface area contributed by atoms with Gasteiger partial charge in [-0.15, -0.1) is 0 Å². The summed E-state index contributed by atoms with van der Waals surface area (Å²) >= 11 is 0. The smallest absolute Gasteiger partial charge is 0.391 e. The van der Waals surface area contributed by atoms with Gasteiger partial charge in [-0.05, 0) is 20.8 Å². The molecule has 0 amide bonds. The molecule has 0 aliphatic rings. The summed E-state index contributed by atoms with van der Waals surface area (Å²) in [6.07, 6.45) is -1.24. The molecule has 1 atom stereocenters. The van der Waals surface area contributed by atoms with Crippen LogP contribution in [0.4, 0.5) is 13.2 Å². The maximum Gasteiger partial charge on any atom is 0.511 e. The Hall–Kier alpha value is -0.340. The Bertz CT molecular complexity index is 294. The van der Waals surface area contributed by atoms with E-state index in [4.69, 9.17) is 5.11 Å². The summed E-state index contributed by atoms with van der Waals surface area (Å²) in [5.74, 6) is 0. The molecule has 0 saturated heterocycles. The Labute approximate surface area is 80.2 Å². The van der Waals surface area contributed by atoms with Crippen LogP contribution in [0.25, 0.3) is 0 Å². The minimum absolute atomic E-state index is 1.15. The summed E-state index contributed by atoms with van der Waals surface area (Å²) in [7, 11) is -5.41. The summed E-state index contributed by atoms with van der Waals surface area (Å²) in [6.45, 7) is 3.50. The van der Waals surface area contributed by atoms with Crippen molar-refractivity contribution in [1.29, 1.82) is 0 Å². The Kier molecular flexibility index (Phi) is 3.58. The molecule has 0 radical (unpaired) electrons. The van der Waals surface area contributed by atoms with E-state index in [-0.39, 0.29) is 0 Å². The zero-order valence-electron chi connectivity index (χ0n) is 7.88. The molecule has 86 valence electrons. The quantitative estimate of drug-likeness (QED) is 0.752. The van der Waals surface area contributed by atoms with Crippen LogP contribution in [-0.2, 0) is 10.0 Å². The number of halogens is 3. The second kappa shape index (κ2) is 3.67. The molecule has 0 bridgehead atoms. The first-order chi connectivity index (χ1) is 5.90. The molecule has 0 aliphatic carbocycles. The number of aliphatic hydroxyl groups excluding tert-OH is 1. The summed E-state index contributed by atoms with van der Waals surface area (Å²) in [4.78, 5) is 0. The van der Waals surface area contributed by atoms with Gasteiger partial charge in [0.2, 0.25) is 0 Å². The molecule has 4 nitrogen and oxygen atoms in total. The van der Waals surface area contributed by atoms with Crippen molar-refractivity contribution in [2.45, 2.75) is 37.9 Å². The fraction of sp³-hybridized carbons (Fsp3) is 1.00. The van der Waals surface area contributed by atoms with E-state index in [0.29, 0.717) is 0 Å². The topological polar surface area (TPSA) is 66.4 Å². The van der Waals surface area contributed by atoms with Crippen molar-refractivity contribution in [3.8, 4) is 0 Å². The number of rotatable bonds is 3. The molecular formula is C6H12F3NO3S. The third-order valence-electron chi connectivity index (χ3n) is 1.75. The number of alkyl halides is 3. The zero-order chi connectivity index (χ0) is 11.8. The van der Waals surface area contributed by atoms with E-state index in [9.17, 15) is 21.6 Å². The third-order valence-corrected chi connectivity index (χ3v) is 3.15. The van der Waals surface area contributed by atoms with Crippen molar-refractivity contribution >= 4 is 10.0 Å². The molecule has 14 heavy (non-hydrogen) atoms. The first-order valence-corrected chi connectivity index (χ1v) is 5.17. The van der Waals surface area contributed by atoms with E-state index in [2.05, 4.69) is 0 Å². The fourth-order valence-corrected chi connectivity index (χ4v) is 1.47. The van der Waals surface area contributed by atoms with Crippen molar-refractivity contribution in [1.82, 2.24) is 4.72 Å². The second-order valence-electron chi connectivity index (χ2n) is 3.45. The van der Waals surface area contributed by atoms with Gasteiger partial charge < -0.3 is 5.11 Å². The first kappa shape index (κ1) is 13.7. The van der Waals surface area contributed by atoms with Crippen LogP contribution in [-0.4, -0.2) is 30.7 Å². The molecule has 0 fully saturated rings. The highest BCUT2D eigenvalue weighted by molar-refractivity contribution is 7.90. The lowest BCUT2D eigenvalue weighted by Gasteiger charge is -2.29. The third kappa shape index (κ3) is 3.10. The predicted molar refractivity (Wildman–Crippen MR) is 43.9 cm³/mol. The summed E-state index contributed by atoms with van der Waals surface area (Å²) < 4.78 is 58.3. The van der Waals surface area contributed by atoms with Gasteiger partial charge in [0.25, 0.3) is 0 Å². The van der Waals surface area contributed by atoms with Gasteiger partial charge >= 0.3 is 15.5 Å². The van der Waals surface area contributed by atoms with Gasteiger partial charge in [0.15, 0.2) is 0 Å². The van der Waals surface area contributed by atoms with Crippen LogP contribution in [0.5, 0.6) is 0 Å². The highest BCUT2D eigenvalue weighted by Gasteiger charge is 2.48. The number of hydrogen-bond donors (Lipinski definition) is 2. The highest BCUT2D eigenvalue weighted by Crippen LogP contribution is 2.24. The molecule has 0 heterocycles. The SMILES string of the molecule is CC(O)C(C)(C)NS(=O)(=O)C(F)(F)F. The molecule has 1 unspecified atom stereocenters. The van der Waals surface area contributed by atoms with E-state index in [1.807, 2.05) is 0 Å². The lowest BCUT2D eigenvalue weighted by molar-refractivity contribution is -0.0463. The molecule has 0 aliphatic heterocycles. The molecule has 0 aromatic heterocycles. The minimum atomic E-state index is -5.41. The predicted octanol–water partition coefficient (Wildman–Crippen LogP) is 0.585. The zero-order valence-corrected chi connectivity index (χ0v) is 8.70. The van der Waals surface area contributed by atoms with Crippen LogP contribution in [0.2, 0.25) is 0 Å². The molecule has 2 N–H and O–H groups in total. The Morgan fingerprint density at radius 2 is 1.64 bits per heavy atom. The van der Waals surface area contributed by atoms with E-state index in [0.717, 1.165) is 13.8 Å². The first-order valence-electron chi connectivity index (χ1n) is 3.68. The number of sulfonamides is 1. The molecule has 0 saturated carbocycles. The van der Waals surface area contributed by atoms with E-state index < -0.39 is 27.2 Å². The van der Waals surface area contributed by atoms with Crippen molar-refractivity contribution in [2.75, 3.05) is 0 Å². The van der Waals surface area contributed by atoms with Gasteiger partial charge in [-0.1, -0.05) is 0 Å². The van der Waals surface area contributed by atoms with E-state index >= 15 is 0 Å². The Morgan fingerprint density at radius 3 is 1.86 bits per heavy atom. The molecule has 8 heteroatoms. The van der Waals surface area contributed by atoms with Crippen LogP contribution in [0.1, 0.15) is 20.8 Å². The van der Waals surface area contributed by atoms with Crippen LogP contribution >= 0.6 is 0 Å². The Morgan fingerprint density at radius 1 is 1.29 bits per heavy atom. The monoisotopic (exact) mass is 235 g/mol. The molecule has 0 spiro atoms. The maximum atomic E-state index is 11.9. The van der Waals surface area contributed by atoms with E-state index in [1.165, 1.54) is 11.6 Å². The summed E-state index contributed by atoms with van der Waals surface area (Å²) in [5.41, 5.74) is -6.92. The van der Waals surface area contributed by atoms with Crippen LogP contribution in [0.3, 0.4) is 0 Å². The number of nitrogens with one attached hydrogen (secondary N) is 1. The fourth-order valence-electron chi connectivity index (χ4n) is 0.489. The Balaban J connectivity index is 4.88. The molecular weight excluding hydrogens is 223 g/mol.